The Morgan fingerprint density at radius 1 is 1.47 bits per heavy atom. The van der Waals surface area contributed by atoms with Crippen molar-refractivity contribution >= 4 is 5.91 Å². The molecule has 1 aliphatic rings. The quantitative estimate of drug-likeness (QED) is 0.730. The summed E-state index contributed by atoms with van der Waals surface area (Å²) in [6.45, 7) is 0. The standard InChI is InChI=1S/C11H13N3O/c15-11(9-4-3-7-12-8-9)14-13-10-5-1-2-6-10/h3-5,7-8,13H,1-2,6H2,(H,14,15). The van der Waals surface area contributed by atoms with E-state index in [1.807, 2.05) is 0 Å². The summed E-state index contributed by atoms with van der Waals surface area (Å²) < 4.78 is 0. The molecule has 0 aliphatic heterocycles. The fourth-order valence-electron chi connectivity index (χ4n) is 1.49. The molecule has 0 aromatic carbocycles. The molecule has 1 aromatic heterocycles. The molecule has 4 nitrogen and oxygen atoms in total. The van der Waals surface area contributed by atoms with E-state index < -0.39 is 0 Å². The van der Waals surface area contributed by atoms with Crippen LogP contribution in [0, 0.1) is 0 Å². The van der Waals surface area contributed by atoms with Gasteiger partial charge in [0, 0.05) is 18.1 Å². The lowest BCUT2D eigenvalue weighted by Gasteiger charge is -2.08. The number of aromatic nitrogens is 1. The van der Waals surface area contributed by atoms with Gasteiger partial charge < -0.3 is 5.43 Å². The Hall–Kier alpha value is -1.84. The molecule has 4 heteroatoms. The van der Waals surface area contributed by atoms with Crippen molar-refractivity contribution in [3.8, 4) is 0 Å². The third-order valence-corrected chi connectivity index (χ3v) is 2.30. The van der Waals surface area contributed by atoms with Crippen molar-refractivity contribution in [1.29, 1.82) is 0 Å². The zero-order valence-corrected chi connectivity index (χ0v) is 8.36. The van der Waals surface area contributed by atoms with E-state index in [4.69, 9.17) is 0 Å². The SMILES string of the molecule is O=C(NNC1=CCCC1)c1cccnc1. The third kappa shape index (κ3) is 2.56. The molecule has 0 radical (unpaired) electrons. The van der Waals surface area contributed by atoms with Crippen molar-refractivity contribution in [2.75, 3.05) is 0 Å². The maximum atomic E-state index is 11.6. The molecule has 15 heavy (non-hydrogen) atoms. The van der Waals surface area contributed by atoms with Gasteiger partial charge in [0.25, 0.3) is 5.91 Å². The van der Waals surface area contributed by atoms with Crippen LogP contribution in [-0.2, 0) is 0 Å². The maximum absolute atomic E-state index is 11.6. The third-order valence-electron chi connectivity index (χ3n) is 2.30. The van der Waals surface area contributed by atoms with E-state index in [-0.39, 0.29) is 5.91 Å². The Bertz CT molecular complexity index is 373. The first-order valence-corrected chi connectivity index (χ1v) is 5.02. The van der Waals surface area contributed by atoms with Crippen LogP contribution in [0.4, 0.5) is 0 Å². The molecule has 0 saturated carbocycles. The van der Waals surface area contributed by atoms with Gasteiger partial charge in [-0.3, -0.25) is 15.2 Å². The lowest BCUT2D eigenvalue weighted by atomic mass is 10.3. The predicted molar refractivity (Wildman–Crippen MR) is 56.8 cm³/mol. The minimum absolute atomic E-state index is 0.157. The van der Waals surface area contributed by atoms with E-state index in [1.54, 1.807) is 24.5 Å². The Morgan fingerprint density at radius 2 is 2.40 bits per heavy atom. The highest BCUT2D eigenvalue weighted by Gasteiger charge is 2.07. The number of rotatable bonds is 3. The first kappa shape index (κ1) is 9.71. The summed E-state index contributed by atoms with van der Waals surface area (Å²) in [5.74, 6) is -0.157. The summed E-state index contributed by atoms with van der Waals surface area (Å²) in [5, 5.41) is 0. The Morgan fingerprint density at radius 3 is 3.07 bits per heavy atom. The number of nitrogens with one attached hydrogen (secondary N) is 2. The van der Waals surface area contributed by atoms with Gasteiger partial charge in [-0.1, -0.05) is 6.08 Å². The molecule has 0 spiro atoms. The molecule has 2 N–H and O–H groups in total. The molecule has 1 aliphatic carbocycles. The van der Waals surface area contributed by atoms with E-state index in [2.05, 4.69) is 21.9 Å². The lowest BCUT2D eigenvalue weighted by molar-refractivity contribution is 0.0938. The molecular weight excluding hydrogens is 190 g/mol. The first-order chi connectivity index (χ1) is 7.36. The van der Waals surface area contributed by atoms with Crippen molar-refractivity contribution < 1.29 is 4.79 Å². The highest BCUT2D eigenvalue weighted by molar-refractivity contribution is 5.93. The van der Waals surface area contributed by atoms with Crippen LogP contribution >= 0.6 is 0 Å². The number of amides is 1. The first-order valence-electron chi connectivity index (χ1n) is 5.02. The van der Waals surface area contributed by atoms with Crippen molar-refractivity contribution in [2.24, 2.45) is 0 Å². The van der Waals surface area contributed by atoms with Gasteiger partial charge >= 0.3 is 0 Å². The highest BCUT2D eigenvalue weighted by atomic mass is 16.2. The summed E-state index contributed by atoms with van der Waals surface area (Å²) in [4.78, 5) is 15.4. The van der Waals surface area contributed by atoms with Crippen LogP contribution in [0.25, 0.3) is 0 Å². The molecule has 1 heterocycles. The largest absolute Gasteiger partial charge is 0.303 e. The fourth-order valence-corrected chi connectivity index (χ4v) is 1.49. The van der Waals surface area contributed by atoms with E-state index >= 15 is 0 Å². The van der Waals surface area contributed by atoms with Crippen LogP contribution in [-0.4, -0.2) is 10.9 Å². The van der Waals surface area contributed by atoms with E-state index in [0.717, 1.165) is 25.0 Å². The second-order valence-corrected chi connectivity index (χ2v) is 3.44. The minimum Gasteiger partial charge on any atom is -0.303 e. The number of hydrazine groups is 1. The molecular formula is C11H13N3O. The second-order valence-electron chi connectivity index (χ2n) is 3.44. The number of nitrogens with zero attached hydrogens (tertiary/aromatic N) is 1. The summed E-state index contributed by atoms with van der Waals surface area (Å²) >= 11 is 0. The van der Waals surface area contributed by atoms with E-state index in [1.165, 1.54) is 0 Å². The summed E-state index contributed by atoms with van der Waals surface area (Å²) in [6.07, 6.45) is 8.54. The minimum atomic E-state index is -0.157. The molecule has 1 aromatic rings. The van der Waals surface area contributed by atoms with Crippen LogP contribution in [0.2, 0.25) is 0 Å². The van der Waals surface area contributed by atoms with Gasteiger partial charge in [-0.2, -0.15) is 0 Å². The summed E-state index contributed by atoms with van der Waals surface area (Å²) in [7, 11) is 0. The molecule has 78 valence electrons. The molecule has 0 unspecified atom stereocenters. The number of hydrogen-bond acceptors (Lipinski definition) is 3. The lowest BCUT2D eigenvalue weighted by Crippen LogP contribution is -2.36. The van der Waals surface area contributed by atoms with Crippen molar-refractivity contribution in [1.82, 2.24) is 15.8 Å². The zero-order valence-electron chi connectivity index (χ0n) is 8.36. The zero-order chi connectivity index (χ0) is 10.5. The molecule has 0 saturated heterocycles. The normalized spacial score (nSPS) is 14.5. The van der Waals surface area contributed by atoms with E-state index in [0.29, 0.717) is 5.56 Å². The van der Waals surface area contributed by atoms with Crippen LogP contribution in [0.15, 0.2) is 36.3 Å². The molecule has 0 fully saturated rings. The van der Waals surface area contributed by atoms with Gasteiger partial charge in [0.2, 0.25) is 0 Å². The van der Waals surface area contributed by atoms with Gasteiger partial charge in [-0.05, 0) is 31.4 Å². The smallest absolute Gasteiger partial charge is 0.271 e. The Labute approximate surface area is 88.4 Å². The fraction of sp³-hybridized carbons (Fsp3) is 0.273. The van der Waals surface area contributed by atoms with Crippen molar-refractivity contribution in [3.63, 3.8) is 0 Å². The average molecular weight is 203 g/mol. The molecule has 2 rings (SSSR count). The molecule has 0 bridgehead atoms. The Kier molecular flexibility index (Phi) is 2.97. The number of hydrogen-bond donors (Lipinski definition) is 2. The summed E-state index contributed by atoms with van der Waals surface area (Å²) in [6, 6.07) is 3.47. The topological polar surface area (TPSA) is 54.0 Å². The van der Waals surface area contributed by atoms with Crippen LogP contribution < -0.4 is 10.9 Å². The number of allylic oxidation sites excluding steroid dienone is 2. The van der Waals surface area contributed by atoms with E-state index in [9.17, 15) is 4.79 Å². The van der Waals surface area contributed by atoms with Gasteiger partial charge in [0.05, 0.1) is 5.56 Å². The number of carbonyl (C=O) groups is 1. The van der Waals surface area contributed by atoms with Gasteiger partial charge in [0.15, 0.2) is 0 Å². The second kappa shape index (κ2) is 4.59. The van der Waals surface area contributed by atoms with Gasteiger partial charge in [-0.25, -0.2) is 0 Å². The van der Waals surface area contributed by atoms with Gasteiger partial charge in [0.1, 0.15) is 0 Å². The summed E-state index contributed by atoms with van der Waals surface area (Å²) in [5.41, 5.74) is 7.21. The van der Waals surface area contributed by atoms with Crippen molar-refractivity contribution in [2.45, 2.75) is 19.3 Å². The van der Waals surface area contributed by atoms with Crippen LogP contribution in [0.5, 0.6) is 0 Å². The molecule has 0 atom stereocenters. The number of pyridine rings is 1. The van der Waals surface area contributed by atoms with Gasteiger partial charge in [-0.15, -0.1) is 0 Å². The average Bonchev–Trinajstić information content (AvgIpc) is 2.80. The maximum Gasteiger partial charge on any atom is 0.271 e. The monoisotopic (exact) mass is 203 g/mol. The van der Waals surface area contributed by atoms with Crippen LogP contribution in [0.3, 0.4) is 0 Å². The predicted octanol–water partition coefficient (Wildman–Crippen LogP) is 1.38. The molecule has 1 amide bonds. The van der Waals surface area contributed by atoms with Crippen molar-refractivity contribution in [3.05, 3.63) is 41.9 Å². The number of carbonyl (C=O) groups excluding carboxylic acids is 1. The Balaban J connectivity index is 1.87. The highest BCUT2D eigenvalue weighted by Crippen LogP contribution is 2.13. The van der Waals surface area contributed by atoms with Crippen LogP contribution in [0.1, 0.15) is 29.6 Å².